The number of aromatic nitrogens is 2. The van der Waals surface area contributed by atoms with Crippen molar-refractivity contribution in [2.45, 2.75) is 32.1 Å². The summed E-state index contributed by atoms with van der Waals surface area (Å²) in [6, 6.07) is 18.5. The lowest BCUT2D eigenvalue weighted by molar-refractivity contribution is 0.190. The zero-order valence-corrected chi connectivity index (χ0v) is 20.2. The predicted octanol–water partition coefficient (Wildman–Crippen LogP) is 6.73. The number of hydrogen-bond acceptors (Lipinski definition) is 6. The fraction of sp³-hybridized carbons (Fsp3) is 0.310. The number of likely N-dealkylation sites (tertiary alicyclic amines) is 1. The van der Waals surface area contributed by atoms with Crippen molar-refractivity contribution in [3.63, 3.8) is 0 Å². The van der Waals surface area contributed by atoms with Crippen molar-refractivity contribution in [3.05, 3.63) is 77.7 Å². The molecule has 3 aromatic carbocycles. The van der Waals surface area contributed by atoms with Crippen LogP contribution in [0.4, 0.5) is 4.39 Å². The maximum absolute atomic E-state index is 13.4. The smallest absolute Gasteiger partial charge is 0.227 e. The number of aryl methyl sites for hydroxylation is 1. The molecule has 0 atom stereocenters. The minimum atomic E-state index is -0.295. The number of oxazole rings is 1. The van der Waals surface area contributed by atoms with Crippen LogP contribution in [0.15, 0.2) is 69.6 Å². The van der Waals surface area contributed by atoms with E-state index in [1.165, 1.54) is 12.1 Å². The quantitative estimate of drug-likeness (QED) is 0.238. The van der Waals surface area contributed by atoms with Crippen LogP contribution in [0.5, 0.6) is 5.75 Å². The largest absolute Gasteiger partial charge is 0.493 e. The zero-order valence-electron chi connectivity index (χ0n) is 20.2. The molecule has 2 aromatic heterocycles. The molecule has 0 amide bonds. The number of hydrogen-bond donors (Lipinski definition) is 0. The molecule has 1 aliphatic heterocycles. The second kappa shape index (κ2) is 9.74. The van der Waals surface area contributed by atoms with Crippen molar-refractivity contribution in [1.29, 1.82) is 0 Å². The molecular weight excluding hydrogens is 457 g/mol. The maximum atomic E-state index is 13.4. The first-order valence-corrected chi connectivity index (χ1v) is 12.5. The first-order valence-electron chi connectivity index (χ1n) is 12.5. The Balaban J connectivity index is 0.986. The molecule has 1 fully saturated rings. The predicted molar refractivity (Wildman–Crippen MR) is 137 cm³/mol. The second-order valence-electron chi connectivity index (χ2n) is 9.49. The third kappa shape index (κ3) is 4.58. The Morgan fingerprint density at radius 3 is 2.72 bits per heavy atom. The van der Waals surface area contributed by atoms with Gasteiger partial charge in [-0.2, -0.15) is 0 Å². The van der Waals surface area contributed by atoms with Gasteiger partial charge in [-0.05, 0) is 87.3 Å². The summed E-state index contributed by atoms with van der Waals surface area (Å²) >= 11 is 0. The fourth-order valence-corrected chi connectivity index (χ4v) is 5.07. The summed E-state index contributed by atoms with van der Waals surface area (Å²) in [7, 11) is 0. The van der Waals surface area contributed by atoms with Gasteiger partial charge in [-0.3, -0.25) is 0 Å². The molecule has 5 aromatic rings. The molecule has 6 nitrogen and oxygen atoms in total. The van der Waals surface area contributed by atoms with E-state index in [2.05, 4.69) is 21.1 Å². The molecule has 184 valence electrons. The average molecular weight is 486 g/mol. The fourth-order valence-electron chi connectivity index (χ4n) is 5.07. The molecule has 3 heterocycles. The minimum absolute atomic E-state index is 0.295. The van der Waals surface area contributed by atoms with Crippen LogP contribution < -0.4 is 4.74 Å². The Hall–Kier alpha value is -3.71. The molecule has 1 aliphatic rings. The summed E-state index contributed by atoms with van der Waals surface area (Å²) in [5.74, 6) is 1.58. The van der Waals surface area contributed by atoms with Crippen molar-refractivity contribution in [2.75, 3.05) is 26.2 Å². The molecule has 0 spiro atoms. The van der Waals surface area contributed by atoms with Crippen LogP contribution in [0.2, 0.25) is 0 Å². The van der Waals surface area contributed by atoms with E-state index in [9.17, 15) is 4.39 Å². The Morgan fingerprint density at radius 2 is 1.89 bits per heavy atom. The van der Waals surface area contributed by atoms with Gasteiger partial charge < -0.3 is 18.6 Å². The monoisotopic (exact) mass is 485 g/mol. The van der Waals surface area contributed by atoms with Gasteiger partial charge in [0.25, 0.3) is 0 Å². The van der Waals surface area contributed by atoms with Crippen molar-refractivity contribution < 1.29 is 18.1 Å². The van der Waals surface area contributed by atoms with Crippen molar-refractivity contribution in [2.24, 2.45) is 0 Å². The molecule has 6 rings (SSSR count). The lowest BCUT2D eigenvalue weighted by Gasteiger charge is -2.31. The summed E-state index contributed by atoms with van der Waals surface area (Å²) in [5, 5.41) is 5.18. The SMILES string of the molecule is Cc1cc(-c2nc3ccccc3o2)ccc1OCCCN1CCC(c2noc3cc(F)ccc23)CC1. The van der Waals surface area contributed by atoms with Gasteiger partial charge in [0.15, 0.2) is 11.2 Å². The highest BCUT2D eigenvalue weighted by Crippen LogP contribution is 2.33. The van der Waals surface area contributed by atoms with Gasteiger partial charge in [-0.25, -0.2) is 9.37 Å². The standard InChI is InChI=1S/C29H28FN3O3/c1-19-17-21(29-31-24-5-2-3-6-26(24)35-29)7-10-25(19)34-16-4-13-33-14-11-20(12-15-33)28-23-9-8-22(30)18-27(23)36-32-28/h2-3,5-10,17-18,20H,4,11-16H2,1H3. The van der Waals surface area contributed by atoms with E-state index in [1.807, 2.05) is 43.3 Å². The van der Waals surface area contributed by atoms with E-state index in [4.69, 9.17) is 13.7 Å². The number of nitrogens with zero attached hydrogens (tertiary/aromatic N) is 3. The third-order valence-electron chi connectivity index (χ3n) is 7.03. The molecule has 0 bridgehead atoms. The van der Waals surface area contributed by atoms with Crippen molar-refractivity contribution in [1.82, 2.24) is 15.0 Å². The maximum Gasteiger partial charge on any atom is 0.227 e. The number of piperidine rings is 1. The molecule has 1 saturated heterocycles. The van der Waals surface area contributed by atoms with Crippen LogP contribution in [0.3, 0.4) is 0 Å². The summed E-state index contributed by atoms with van der Waals surface area (Å²) < 4.78 is 30.8. The van der Waals surface area contributed by atoms with E-state index in [0.717, 1.165) is 78.0 Å². The van der Waals surface area contributed by atoms with Crippen LogP contribution in [0.25, 0.3) is 33.5 Å². The molecule has 7 heteroatoms. The second-order valence-corrected chi connectivity index (χ2v) is 9.49. The van der Waals surface area contributed by atoms with E-state index in [1.54, 1.807) is 6.07 Å². The Kier molecular flexibility index (Phi) is 6.15. The molecule has 0 radical (unpaired) electrons. The number of halogens is 1. The minimum Gasteiger partial charge on any atom is -0.493 e. The van der Waals surface area contributed by atoms with E-state index < -0.39 is 0 Å². The highest BCUT2D eigenvalue weighted by Gasteiger charge is 2.25. The van der Waals surface area contributed by atoms with Gasteiger partial charge >= 0.3 is 0 Å². The zero-order chi connectivity index (χ0) is 24.5. The van der Waals surface area contributed by atoms with E-state index in [0.29, 0.717) is 24.0 Å². The summed E-state index contributed by atoms with van der Waals surface area (Å²) in [6.45, 7) is 5.74. The number of benzene rings is 3. The van der Waals surface area contributed by atoms with Gasteiger partial charge in [0.1, 0.15) is 17.1 Å². The van der Waals surface area contributed by atoms with Crippen LogP contribution in [-0.4, -0.2) is 41.3 Å². The summed E-state index contributed by atoms with van der Waals surface area (Å²) in [6.07, 6.45) is 3.01. The first kappa shape index (κ1) is 22.7. The number of ether oxygens (including phenoxy) is 1. The Bertz CT molecular complexity index is 1470. The molecule has 0 aliphatic carbocycles. The molecule has 0 unspecified atom stereocenters. The molecule has 0 N–H and O–H groups in total. The van der Waals surface area contributed by atoms with Gasteiger partial charge in [-0.15, -0.1) is 0 Å². The van der Waals surface area contributed by atoms with Crippen LogP contribution in [0, 0.1) is 12.7 Å². The Morgan fingerprint density at radius 1 is 1.03 bits per heavy atom. The molecule has 36 heavy (non-hydrogen) atoms. The van der Waals surface area contributed by atoms with Gasteiger partial charge in [0, 0.05) is 29.5 Å². The summed E-state index contributed by atoms with van der Waals surface area (Å²) in [5.41, 5.74) is 5.16. The van der Waals surface area contributed by atoms with Gasteiger partial charge in [-0.1, -0.05) is 17.3 Å². The topological polar surface area (TPSA) is 64.5 Å². The van der Waals surface area contributed by atoms with E-state index >= 15 is 0 Å². The average Bonchev–Trinajstić information content (AvgIpc) is 3.52. The normalized spacial score (nSPS) is 15.2. The third-order valence-corrected chi connectivity index (χ3v) is 7.03. The molecule has 0 saturated carbocycles. The van der Waals surface area contributed by atoms with Crippen LogP contribution in [0.1, 0.15) is 36.4 Å². The Labute approximate surface area is 208 Å². The molecular formula is C29H28FN3O3. The van der Waals surface area contributed by atoms with Gasteiger partial charge in [0.2, 0.25) is 5.89 Å². The lowest BCUT2D eigenvalue weighted by atomic mass is 9.91. The summed E-state index contributed by atoms with van der Waals surface area (Å²) in [4.78, 5) is 7.06. The van der Waals surface area contributed by atoms with Crippen LogP contribution in [-0.2, 0) is 0 Å². The first-order chi connectivity index (χ1) is 17.6. The highest BCUT2D eigenvalue weighted by atomic mass is 19.1. The van der Waals surface area contributed by atoms with Crippen LogP contribution >= 0.6 is 0 Å². The number of rotatable bonds is 7. The van der Waals surface area contributed by atoms with Crippen molar-refractivity contribution in [3.8, 4) is 17.2 Å². The number of fused-ring (bicyclic) bond motifs is 2. The van der Waals surface area contributed by atoms with Gasteiger partial charge in [0.05, 0.1) is 12.3 Å². The highest BCUT2D eigenvalue weighted by molar-refractivity contribution is 5.80. The van der Waals surface area contributed by atoms with E-state index in [-0.39, 0.29) is 5.82 Å². The lowest BCUT2D eigenvalue weighted by Crippen LogP contribution is -2.34. The van der Waals surface area contributed by atoms with Crippen molar-refractivity contribution >= 4 is 22.1 Å². The number of para-hydroxylation sites is 2.